The van der Waals surface area contributed by atoms with Crippen LogP contribution in [-0.2, 0) is 4.79 Å². The molecule has 0 saturated carbocycles. The maximum absolute atomic E-state index is 11.1. The van der Waals surface area contributed by atoms with Crippen molar-refractivity contribution in [2.75, 3.05) is 6.61 Å². The monoisotopic (exact) mass is 216 g/mol. The molecule has 1 aromatic carbocycles. The molecule has 0 amide bonds. The zero-order chi connectivity index (χ0) is 10.6. The minimum atomic E-state index is -1.32. The van der Waals surface area contributed by atoms with Gasteiger partial charge in [0.15, 0.2) is 5.78 Å². The molecular weight excluding hydrogens is 207 g/mol. The predicted molar refractivity (Wildman–Crippen MR) is 46.9 cm³/mol. The van der Waals surface area contributed by atoms with Crippen molar-refractivity contribution < 1.29 is 49.0 Å². The van der Waals surface area contributed by atoms with E-state index in [-0.39, 0.29) is 41.1 Å². The SMILES string of the molecule is CC(=O)c1ccccc1OCC(=O)[O-].[Na+]. The standard InChI is InChI=1S/C10H10O4.Na/c1-7(11)8-4-2-3-5-9(8)14-6-10(12)13;/h2-5H,6H2,1H3,(H,12,13);/q;+1/p-1. The Balaban J connectivity index is 0.00000196. The van der Waals surface area contributed by atoms with Crippen molar-refractivity contribution in [3.05, 3.63) is 29.8 Å². The quantitative estimate of drug-likeness (QED) is 0.398. The van der Waals surface area contributed by atoms with Crippen LogP contribution in [0.15, 0.2) is 24.3 Å². The number of carboxylic acid groups (broad SMARTS) is 1. The van der Waals surface area contributed by atoms with Crippen molar-refractivity contribution >= 4 is 11.8 Å². The number of ether oxygens (including phenoxy) is 1. The molecule has 0 spiro atoms. The number of benzene rings is 1. The van der Waals surface area contributed by atoms with Gasteiger partial charge in [0, 0.05) is 0 Å². The van der Waals surface area contributed by atoms with E-state index in [4.69, 9.17) is 4.74 Å². The Hall–Kier alpha value is -0.840. The number of carbonyl (C=O) groups is 2. The summed E-state index contributed by atoms with van der Waals surface area (Å²) in [5.41, 5.74) is 0.369. The Morgan fingerprint density at radius 2 is 1.93 bits per heavy atom. The van der Waals surface area contributed by atoms with Crippen molar-refractivity contribution in [2.45, 2.75) is 6.92 Å². The number of hydrogen-bond donors (Lipinski definition) is 0. The molecule has 15 heavy (non-hydrogen) atoms. The van der Waals surface area contributed by atoms with E-state index >= 15 is 0 Å². The zero-order valence-electron chi connectivity index (χ0n) is 8.65. The van der Waals surface area contributed by atoms with Gasteiger partial charge in [-0.25, -0.2) is 0 Å². The Kier molecular flexibility index (Phi) is 6.24. The molecule has 0 fully saturated rings. The number of ketones is 1. The van der Waals surface area contributed by atoms with Gasteiger partial charge in [-0.1, -0.05) is 12.1 Å². The van der Waals surface area contributed by atoms with E-state index < -0.39 is 12.6 Å². The zero-order valence-corrected chi connectivity index (χ0v) is 10.6. The van der Waals surface area contributed by atoms with E-state index in [0.29, 0.717) is 5.56 Å². The molecular formula is C10H9NaO4. The number of aliphatic carboxylic acids is 1. The van der Waals surface area contributed by atoms with E-state index in [1.165, 1.54) is 6.92 Å². The molecule has 0 aromatic heterocycles. The summed E-state index contributed by atoms with van der Waals surface area (Å²) in [7, 11) is 0. The number of carbonyl (C=O) groups excluding carboxylic acids is 2. The summed E-state index contributed by atoms with van der Waals surface area (Å²) in [4.78, 5) is 21.2. The first-order valence-electron chi connectivity index (χ1n) is 4.04. The molecule has 0 aliphatic carbocycles. The Morgan fingerprint density at radius 1 is 1.33 bits per heavy atom. The van der Waals surface area contributed by atoms with Crippen LogP contribution in [0.5, 0.6) is 5.75 Å². The van der Waals surface area contributed by atoms with Crippen LogP contribution in [0.2, 0.25) is 0 Å². The fourth-order valence-corrected chi connectivity index (χ4v) is 1.02. The molecule has 1 rings (SSSR count). The number of carboxylic acids is 1. The second kappa shape index (κ2) is 6.61. The number of Topliss-reactive ketones (excluding diaryl/α,β-unsaturated/α-hetero) is 1. The average Bonchev–Trinajstić information content (AvgIpc) is 2.15. The largest absolute Gasteiger partial charge is 1.00 e. The van der Waals surface area contributed by atoms with Gasteiger partial charge in [-0.2, -0.15) is 0 Å². The predicted octanol–water partition coefficient (Wildman–Crippen LogP) is -2.98. The molecule has 0 heterocycles. The van der Waals surface area contributed by atoms with Crippen LogP contribution in [0.25, 0.3) is 0 Å². The fourth-order valence-electron chi connectivity index (χ4n) is 1.02. The first-order chi connectivity index (χ1) is 6.61. The van der Waals surface area contributed by atoms with Gasteiger partial charge in [0.25, 0.3) is 0 Å². The van der Waals surface area contributed by atoms with Gasteiger partial charge < -0.3 is 14.6 Å². The third-order valence-electron chi connectivity index (χ3n) is 1.61. The van der Waals surface area contributed by atoms with Gasteiger partial charge in [-0.15, -0.1) is 0 Å². The molecule has 0 saturated heterocycles. The van der Waals surface area contributed by atoms with Crippen LogP contribution >= 0.6 is 0 Å². The second-order valence-electron chi connectivity index (χ2n) is 2.71. The van der Waals surface area contributed by atoms with Gasteiger partial charge >= 0.3 is 29.6 Å². The number of rotatable bonds is 4. The molecule has 5 heteroatoms. The molecule has 0 unspecified atom stereocenters. The molecule has 0 radical (unpaired) electrons. The van der Waals surface area contributed by atoms with E-state index in [1.807, 2.05) is 0 Å². The van der Waals surface area contributed by atoms with E-state index in [9.17, 15) is 14.7 Å². The molecule has 1 aromatic rings. The summed E-state index contributed by atoms with van der Waals surface area (Å²) in [6.07, 6.45) is 0. The van der Waals surface area contributed by atoms with E-state index in [1.54, 1.807) is 24.3 Å². The summed E-state index contributed by atoms with van der Waals surface area (Å²) in [5, 5.41) is 10.1. The van der Waals surface area contributed by atoms with Gasteiger partial charge in [-0.3, -0.25) is 4.79 Å². The summed E-state index contributed by atoms with van der Waals surface area (Å²) in [6.45, 7) is 0.839. The number of hydrogen-bond acceptors (Lipinski definition) is 4. The Morgan fingerprint density at radius 3 is 2.47 bits per heavy atom. The van der Waals surface area contributed by atoms with Gasteiger partial charge in [-0.05, 0) is 19.1 Å². The second-order valence-corrected chi connectivity index (χ2v) is 2.71. The summed E-state index contributed by atoms with van der Waals surface area (Å²) in [5.74, 6) is -1.22. The maximum Gasteiger partial charge on any atom is 1.00 e. The first kappa shape index (κ1) is 14.2. The van der Waals surface area contributed by atoms with Crippen LogP contribution in [-0.4, -0.2) is 18.4 Å². The molecule has 0 atom stereocenters. The van der Waals surface area contributed by atoms with Crippen LogP contribution in [0.1, 0.15) is 17.3 Å². The van der Waals surface area contributed by atoms with Crippen molar-refractivity contribution in [1.29, 1.82) is 0 Å². The van der Waals surface area contributed by atoms with Crippen LogP contribution in [0, 0.1) is 0 Å². The van der Waals surface area contributed by atoms with Gasteiger partial charge in [0.05, 0.1) is 11.5 Å². The van der Waals surface area contributed by atoms with E-state index in [2.05, 4.69) is 0 Å². The molecule has 0 N–H and O–H groups in total. The molecule has 0 aliphatic heterocycles. The maximum atomic E-state index is 11.1. The number of para-hydroxylation sites is 1. The van der Waals surface area contributed by atoms with Crippen molar-refractivity contribution in [3.8, 4) is 5.75 Å². The summed E-state index contributed by atoms with van der Waals surface area (Å²) >= 11 is 0. The molecule has 74 valence electrons. The third-order valence-corrected chi connectivity index (χ3v) is 1.61. The third kappa shape index (κ3) is 4.46. The molecule has 4 nitrogen and oxygen atoms in total. The minimum absolute atomic E-state index is 0. The smallest absolute Gasteiger partial charge is 0.546 e. The molecule has 0 bridgehead atoms. The summed E-state index contributed by atoms with van der Waals surface area (Å²) in [6, 6.07) is 6.46. The van der Waals surface area contributed by atoms with Crippen molar-refractivity contribution in [2.24, 2.45) is 0 Å². The van der Waals surface area contributed by atoms with Crippen molar-refractivity contribution in [3.63, 3.8) is 0 Å². The van der Waals surface area contributed by atoms with Crippen LogP contribution < -0.4 is 39.4 Å². The molecule has 0 aliphatic rings. The van der Waals surface area contributed by atoms with E-state index in [0.717, 1.165) is 0 Å². The topological polar surface area (TPSA) is 66.4 Å². The van der Waals surface area contributed by atoms with Gasteiger partial charge in [0.1, 0.15) is 12.4 Å². The van der Waals surface area contributed by atoms with Crippen LogP contribution in [0.3, 0.4) is 0 Å². The van der Waals surface area contributed by atoms with Crippen molar-refractivity contribution in [1.82, 2.24) is 0 Å². The van der Waals surface area contributed by atoms with Gasteiger partial charge in [0.2, 0.25) is 0 Å². The fraction of sp³-hybridized carbons (Fsp3) is 0.200. The van der Waals surface area contributed by atoms with Crippen LogP contribution in [0.4, 0.5) is 0 Å². The minimum Gasteiger partial charge on any atom is -0.546 e. The average molecular weight is 216 g/mol. The normalized spacial score (nSPS) is 8.87. The first-order valence-corrected chi connectivity index (χ1v) is 4.04. The summed E-state index contributed by atoms with van der Waals surface area (Å²) < 4.78 is 4.88. The Bertz CT molecular complexity index is 362. The Labute approximate surface area is 110 Å².